The van der Waals surface area contributed by atoms with Crippen molar-refractivity contribution in [3.8, 4) is 0 Å². The SMILES string of the molecule is O=C(NCC(O)CO)c1c(Br)c(NC(=O)C(O)CCO)c(Br)c(C(=O)NCC(O)CO)c1Br. The number of amides is 3. The fourth-order valence-electron chi connectivity index (χ4n) is 2.36. The number of hydrogen-bond donors (Lipinski definition) is 9. The molecular formula is C18H24Br3N3O9. The van der Waals surface area contributed by atoms with Crippen LogP contribution in [0.1, 0.15) is 27.1 Å². The van der Waals surface area contributed by atoms with Crippen molar-refractivity contribution in [1.29, 1.82) is 0 Å². The number of aliphatic hydroxyl groups excluding tert-OH is 6. The van der Waals surface area contributed by atoms with E-state index in [0.717, 1.165) is 0 Å². The molecule has 1 rings (SSSR count). The topological polar surface area (TPSA) is 209 Å². The summed E-state index contributed by atoms with van der Waals surface area (Å²) in [6.45, 7) is -2.29. The van der Waals surface area contributed by atoms with E-state index in [4.69, 9.17) is 15.3 Å². The number of carbonyl (C=O) groups is 3. The maximum absolute atomic E-state index is 12.8. The summed E-state index contributed by atoms with van der Waals surface area (Å²) in [7, 11) is 0. The number of aliphatic hydroxyl groups is 6. The molecule has 0 aliphatic heterocycles. The largest absolute Gasteiger partial charge is 0.396 e. The van der Waals surface area contributed by atoms with Crippen molar-refractivity contribution in [3.63, 3.8) is 0 Å². The molecule has 186 valence electrons. The molecule has 0 saturated carbocycles. The Bertz CT molecular complexity index is 819. The number of rotatable bonds is 12. The summed E-state index contributed by atoms with van der Waals surface area (Å²) in [5.41, 5.74) is -0.424. The Hall–Kier alpha value is -1.17. The highest BCUT2D eigenvalue weighted by atomic mass is 79.9. The molecule has 9 N–H and O–H groups in total. The molecule has 3 atom stereocenters. The summed E-state index contributed by atoms with van der Waals surface area (Å²) in [5.74, 6) is -2.49. The predicted molar refractivity (Wildman–Crippen MR) is 127 cm³/mol. The molecule has 3 unspecified atom stereocenters. The third-order valence-corrected chi connectivity index (χ3v) is 6.52. The zero-order valence-electron chi connectivity index (χ0n) is 17.0. The van der Waals surface area contributed by atoms with Gasteiger partial charge in [0.05, 0.1) is 51.2 Å². The molecule has 0 aromatic heterocycles. The molecule has 33 heavy (non-hydrogen) atoms. The number of benzene rings is 1. The number of hydrogen-bond acceptors (Lipinski definition) is 9. The van der Waals surface area contributed by atoms with Crippen LogP contribution in [0.3, 0.4) is 0 Å². The van der Waals surface area contributed by atoms with Crippen molar-refractivity contribution in [3.05, 3.63) is 24.5 Å². The first-order valence-corrected chi connectivity index (χ1v) is 11.8. The molecule has 0 saturated heterocycles. The molecule has 0 bridgehead atoms. The average Bonchev–Trinajstić information content (AvgIpc) is 2.78. The van der Waals surface area contributed by atoms with Gasteiger partial charge in [-0.2, -0.15) is 0 Å². The standard InChI is InChI=1S/C18H24Br3N3O9/c19-12-10(17(32)22-3-7(28)5-26)13(20)15(24-16(31)9(30)1-2-25)14(21)11(12)18(33)23-4-8(29)6-27/h7-9,25-30H,1-6H2,(H,22,32)(H,23,33)(H,24,31). The van der Waals surface area contributed by atoms with Gasteiger partial charge in [0.1, 0.15) is 6.10 Å². The second-order valence-electron chi connectivity index (χ2n) is 6.68. The quantitative estimate of drug-likeness (QED) is 0.131. The molecule has 0 radical (unpaired) electrons. The maximum Gasteiger partial charge on any atom is 0.253 e. The van der Waals surface area contributed by atoms with Crippen LogP contribution in [0.15, 0.2) is 13.4 Å². The van der Waals surface area contributed by atoms with E-state index < -0.39 is 55.9 Å². The van der Waals surface area contributed by atoms with E-state index in [-0.39, 0.29) is 49.7 Å². The van der Waals surface area contributed by atoms with Crippen LogP contribution in [0.5, 0.6) is 0 Å². The van der Waals surface area contributed by atoms with Crippen molar-refractivity contribution in [2.45, 2.75) is 24.7 Å². The van der Waals surface area contributed by atoms with E-state index in [1.54, 1.807) is 0 Å². The monoisotopic (exact) mass is 663 g/mol. The lowest BCUT2D eigenvalue weighted by Crippen LogP contribution is -2.36. The molecule has 0 aliphatic rings. The Morgan fingerprint density at radius 2 is 1.18 bits per heavy atom. The fraction of sp³-hybridized carbons (Fsp3) is 0.500. The van der Waals surface area contributed by atoms with E-state index >= 15 is 0 Å². The molecule has 15 heteroatoms. The number of halogens is 3. The molecule has 0 fully saturated rings. The van der Waals surface area contributed by atoms with Crippen LogP contribution >= 0.6 is 47.8 Å². The second-order valence-corrected chi connectivity index (χ2v) is 9.06. The Kier molecular flexibility index (Phi) is 12.9. The Balaban J connectivity index is 3.51. The Morgan fingerprint density at radius 3 is 1.55 bits per heavy atom. The van der Waals surface area contributed by atoms with E-state index in [1.807, 2.05) is 0 Å². The van der Waals surface area contributed by atoms with Crippen LogP contribution < -0.4 is 16.0 Å². The van der Waals surface area contributed by atoms with Gasteiger partial charge in [-0.25, -0.2) is 0 Å². The average molecular weight is 666 g/mol. The molecule has 3 amide bonds. The first-order valence-electron chi connectivity index (χ1n) is 9.44. The number of anilines is 1. The number of carbonyl (C=O) groups excluding carboxylic acids is 3. The van der Waals surface area contributed by atoms with Gasteiger partial charge in [0, 0.05) is 30.6 Å². The summed E-state index contributed by atoms with van der Waals surface area (Å²) < 4.78 is -0.00964. The van der Waals surface area contributed by atoms with Gasteiger partial charge in [0.25, 0.3) is 17.7 Å². The van der Waals surface area contributed by atoms with Crippen molar-refractivity contribution in [2.24, 2.45) is 0 Å². The fourth-order valence-corrected chi connectivity index (χ4v) is 5.27. The first kappa shape index (κ1) is 29.9. The lowest BCUT2D eigenvalue weighted by Gasteiger charge is -2.21. The summed E-state index contributed by atoms with van der Waals surface area (Å²) in [6.07, 6.45) is -4.31. The van der Waals surface area contributed by atoms with Gasteiger partial charge in [-0.15, -0.1) is 0 Å². The van der Waals surface area contributed by atoms with Crippen LogP contribution in [0.25, 0.3) is 0 Å². The lowest BCUT2D eigenvalue weighted by atomic mass is 10.1. The number of nitrogens with one attached hydrogen (secondary N) is 3. The minimum Gasteiger partial charge on any atom is -0.396 e. The summed E-state index contributed by atoms with van der Waals surface area (Å²) in [4.78, 5) is 37.9. The summed E-state index contributed by atoms with van der Waals surface area (Å²) in [5, 5.41) is 62.8. The Morgan fingerprint density at radius 1 is 0.758 bits per heavy atom. The maximum atomic E-state index is 12.8. The van der Waals surface area contributed by atoms with Crippen LogP contribution in [-0.2, 0) is 4.79 Å². The summed E-state index contributed by atoms with van der Waals surface area (Å²) in [6, 6.07) is 0. The lowest BCUT2D eigenvalue weighted by molar-refractivity contribution is -0.124. The van der Waals surface area contributed by atoms with Gasteiger partial charge < -0.3 is 46.6 Å². The predicted octanol–water partition coefficient (Wildman–Crippen LogP) is -1.18. The van der Waals surface area contributed by atoms with Crippen molar-refractivity contribution >= 4 is 71.2 Å². The van der Waals surface area contributed by atoms with Gasteiger partial charge >= 0.3 is 0 Å². The summed E-state index contributed by atoms with van der Waals surface area (Å²) >= 11 is 9.58. The third-order valence-electron chi connectivity index (χ3n) is 4.14. The minimum absolute atomic E-state index is 0.00808. The van der Waals surface area contributed by atoms with E-state index in [9.17, 15) is 29.7 Å². The molecule has 1 aromatic rings. The van der Waals surface area contributed by atoms with Crippen LogP contribution in [0.2, 0.25) is 0 Å². The highest BCUT2D eigenvalue weighted by Gasteiger charge is 2.30. The molecule has 0 spiro atoms. The Labute approximate surface area is 213 Å². The third kappa shape index (κ3) is 8.22. The van der Waals surface area contributed by atoms with Crippen molar-refractivity contribution in [1.82, 2.24) is 10.6 Å². The van der Waals surface area contributed by atoms with Gasteiger partial charge in [0.2, 0.25) is 0 Å². The molecule has 12 nitrogen and oxygen atoms in total. The second kappa shape index (κ2) is 14.3. The van der Waals surface area contributed by atoms with Crippen LogP contribution in [-0.4, -0.2) is 99.6 Å². The van der Waals surface area contributed by atoms with Crippen LogP contribution in [0.4, 0.5) is 5.69 Å². The molecule has 1 aromatic carbocycles. The smallest absolute Gasteiger partial charge is 0.253 e. The minimum atomic E-state index is -1.58. The van der Waals surface area contributed by atoms with Gasteiger partial charge in [-0.3, -0.25) is 14.4 Å². The van der Waals surface area contributed by atoms with E-state index in [2.05, 4.69) is 63.7 Å². The molecule has 0 heterocycles. The van der Waals surface area contributed by atoms with Gasteiger partial charge in [0.15, 0.2) is 0 Å². The highest BCUT2D eigenvalue weighted by Crippen LogP contribution is 2.42. The van der Waals surface area contributed by atoms with E-state index in [0.29, 0.717) is 0 Å². The van der Waals surface area contributed by atoms with E-state index in [1.165, 1.54) is 0 Å². The first-order chi connectivity index (χ1) is 15.5. The normalized spacial score (nSPS) is 13.7. The van der Waals surface area contributed by atoms with Crippen molar-refractivity contribution in [2.75, 3.05) is 38.2 Å². The molecule has 0 aliphatic carbocycles. The van der Waals surface area contributed by atoms with Gasteiger partial charge in [-0.05, 0) is 47.8 Å². The zero-order chi connectivity index (χ0) is 25.3. The van der Waals surface area contributed by atoms with Crippen LogP contribution in [0, 0.1) is 0 Å². The van der Waals surface area contributed by atoms with Gasteiger partial charge in [-0.1, -0.05) is 0 Å². The zero-order valence-corrected chi connectivity index (χ0v) is 21.8. The van der Waals surface area contributed by atoms with Crippen molar-refractivity contribution < 1.29 is 45.0 Å². The highest BCUT2D eigenvalue weighted by molar-refractivity contribution is 9.11. The molecular weight excluding hydrogens is 642 g/mol.